The summed E-state index contributed by atoms with van der Waals surface area (Å²) in [6, 6.07) is 18.2. The number of amides is 1. The van der Waals surface area contributed by atoms with E-state index in [2.05, 4.69) is 5.32 Å². The van der Waals surface area contributed by atoms with E-state index in [9.17, 15) is 21.6 Å². The quantitative estimate of drug-likeness (QED) is 0.517. The number of carbonyl (C=O) groups is 1. The van der Waals surface area contributed by atoms with Crippen LogP contribution in [0.1, 0.15) is 18.5 Å². The standard InChI is InChI=1S/C24H23ClN2O6S2/c1-16(17-8-11-19(12-9-17)34(2,29)30)26-24(28)23-15-27(21-14-18(25)10-13-22(21)33-23)35(31,32)20-6-4-3-5-7-20/h3-14,16,23H,15H2,1-2H3,(H,26,28)/t16-,23-/m1/s1. The monoisotopic (exact) mass is 534 g/mol. The van der Waals surface area contributed by atoms with Crippen molar-refractivity contribution < 1.29 is 26.4 Å². The van der Waals surface area contributed by atoms with Crippen LogP contribution >= 0.6 is 11.6 Å². The second-order valence-corrected chi connectivity index (χ2v) is 12.5. The summed E-state index contributed by atoms with van der Waals surface area (Å²) in [5.74, 6) is -0.302. The molecule has 1 N–H and O–H groups in total. The first-order valence-electron chi connectivity index (χ1n) is 10.6. The van der Waals surface area contributed by atoms with Gasteiger partial charge < -0.3 is 10.1 Å². The van der Waals surface area contributed by atoms with Gasteiger partial charge in [-0.1, -0.05) is 41.9 Å². The molecule has 2 atom stereocenters. The molecule has 0 aromatic heterocycles. The number of anilines is 1. The number of rotatable bonds is 6. The second-order valence-electron chi connectivity index (χ2n) is 8.14. The molecule has 35 heavy (non-hydrogen) atoms. The Hall–Kier alpha value is -3.08. The predicted molar refractivity (Wildman–Crippen MR) is 133 cm³/mol. The molecule has 1 aliphatic rings. The molecule has 1 aliphatic heterocycles. The van der Waals surface area contributed by atoms with E-state index in [1.54, 1.807) is 43.3 Å². The number of benzene rings is 3. The van der Waals surface area contributed by atoms with Crippen LogP contribution in [-0.2, 0) is 24.7 Å². The highest BCUT2D eigenvalue weighted by Gasteiger charge is 2.38. The van der Waals surface area contributed by atoms with Crippen molar-refractivity contribution >= 4 is 43.1 Å². The van der Waals surface area contributed by atoms with Gasteiger partial charge in [0, 0.05) is 11.3 Å². The number of nitrogens with zero attached hydrogens (tertiary/aromatic N) is 1. The molecular weight excluding hydrogens is 512 g/mol. The summed E-state index contributed by atoms with van der Waals surface area (Å²) in [6.07, 6.45) is -0.00615. The number of hydrogen-bond donors (Lipinski definition) is 1. The van der Waals surface area contributed by atoms with Gasteiger partial charge in [0.2, 0.25) is 0 Å². The highest BCUT2D eigenvalue weighted by molar-refractivity contribution is 7.92. The molecule has 0 radical (unpaired) electrons. The van der Waals surface area contributed by atoms with Crippen molar-refractivity contribution in [3.05, 3.63) is 83.4 Å². The first kappa shape index (κ1) is 25.0. The molecule has 0 spiro atoms. The van der Waals surface area contributed by atoms with Gasteiger partial charge in [-0.25, -0.2) is 16.8 Å². The average molecular weight is 535 g/mol. The summed E-state index contributed by atoms with van der Waals surface area (Å²) in [4.78, 5) is 13.4. The lowest BCUT2D eigenvalue weighted by molar-refractivity contribution is -0.128. The van der Waals surface area contributed by atoms with E-state index in [-0.39, 0.29) is 27.8 Å². The molecule has 0 saturated carbocycles. The number of sulfone groups is 1. The van der Waals surface area contributed by atoms with E-state index in [0.29, 0.717) is 10.6 Å². The first-order chi connectivity index (χ1) is 16.5. The maximum atomic E-state index is 13.4. The normalized spacial score (nSPS) is 16.7. The average Bonchev–Trinajstić information content (AvgIpc) is 2.83. The summed E-state index contributed by atoms with van der Waals surface area (Å²) >= 11 is 6.12. The third-order valence-corrected chi connectivity index (χ3v) is 8.74. The minimum Gasteiger partial charge on any atom is -0.476 e. The molecule has 0 bridgehead atoms. The molecule has 11 heteroatoms. The minimum absolute atomic E-state index is 0.0753. The zero-order valence-electron chi connectivity index (χ0n) is 18.9. The lowest BCUT2D eigenvalue weighted by Gasteiger charge is -2.35. The van der Waals surface area contributed by atoms with Crippen molar-refractivity contribution in [2.75, 3.05) is 17.1 Å². The predicted octanol–water partition coefficient (Wildman–Crippen LogP) is 3.58. The van der Waals surface area contributed by atoms with Crippen molar-refractivity contribution in [1.29, 1.82) is 0 Å². The summed E-state index contributed by atoms with van der Waals surface area (Å²) in [5, 5.41) is 3.15. The van der Waals surface area contributed by atoms with E-state index < -0.39 is 37.9 Å². The number of fused-ring (bicyclic) bond motifs is 1. The van der Waals surface area contributed by atoms with Crippen LogP contribution in [0.15, 0.2) is 82.6 Å². The Morgan fingerprint density at radius 2 is 1.66 bits per heavy atom. The number of hydrogen-bond acceptors (Lipinski definition) is 6. The van der Waals surface area contributed by atoms with Crippen LogP contribution in [0.2, 0.25) is 5.02 Å². The maximum Gasteiger partial charge on any atom is 0.264 e. The summed E-state index contributed by atoms with van der Waals surface area (Å²) in [7, 11) is -7.34. The maximum absolute atomic E-state index is 13.4. The van der Waals surface area contributed by atoms with Gasteiger partial charge in [-0.3, -0.25) is 9.10 Å². The first-order valence-corrected chi connectivity index (χ1v) is 14.3. The number of nitrogens with one attached hydrogen (secondary N) is 1. The van der Waals surface area contributed by atoms with Crippen molar-refractivity contribution in [3.63, 3.8) is 0 Å². The van der Waals surface area contributed by atoms with Crippen LogP contribution in [0, 0.1) is 0 Å². The van der Waals surface area contributed by atoms with Gasteiger partial charge in [-0.05, 0) is 55.0 Å². The molecule has 4 rings (SSSR count). The number of ether oxygens (including phenoxy) is 1. The SMILES string of the molecule is C[C@@H](NC(=O)[C@H]1CN(S(=O)(=O)c2ccccc2)c2cc(Cl)ccc2O1)c1ccc(S(C)(=O)=O)cc1. The van der Waals surface area contributed by atoms with Gasteiger partial charge in [-0.15, -0.1) is 0 Å². The summed E-state index contributed by atoms with van der Waals surface area (Å²) in [5.41, 5.74) is 0.928. The van der Waals surface area contributed by atoms with Crippen molar-refractivity contribution in [2.24, 2.45) is 0 Å². The number of sulfonamides is 1. The Kier molecular flexibility index (Phi) is 6.81. The number of halogens is 1. The molecule has 184 valence electrons. The van der Waals surface area contributed by atoms with Crippen LogP contribution in [0.3, 0.4) is 0 Å². The number of carbonyl (C=O) groups excluding carboxylic acids is 1. The van der Waals surface area contributed by atoms with Crippen LogP contribution in [0.25, 0.3) is 0 Å². The third kappa shape index (κ3) is 5.29. The van der Waals surface area contributed by atoms with Crippen LogP contribution in [0.4, 0.5) is 5.69 Å². The molecular formula is C24H23ClN2O6S2. The fourth-order valence-electron chi connectivity index (χ4n) is 3.70. The van der Waals surface area contributed by atoms with Gasteiger partial charge in [-0.2, -0.15) is 0 Å². The summed E-state index contributed by atoms with van der Waals surface area (Å²) < 4.78 is 57.2. The molecule has 3 aromatic rings. The van der Waals surface area contributed by atoms with Gasteiger partial charge in [0.25, 0.3) is 15.9 Å². The fourth-order valence-corrected chi connectivity index (χ4v) is 5.99. The third-order valence-electron chi connectivity index (χ3n) is 5.58. The zero-order valence-corrected chi connectivity index (χ0v) is 21.3. The highest BCUT2D eigenvalue weighted by atomic mass is 35.5. The topological polar surface area (TPSA) is 110 Å². The Morgan fingerprint density at radius 3 is 2.29 bits per heavy atom. The molecule has 1 heterocycles. The van der Waals surface area contributed by atoms with Crippen molar-refractivity contribution in [1.82, 2.24) is 5.32 Å². The molecule has 0 aliphatic carbocycles. The van der Waals surface area contributed by atoms with E-state index in [1.807, 2.05) is 0 Å². The molecule has 8 nitrogen and oxygen atoms in total. The van der Waals surface area contributed by atoms with Gasteiger partial charge in [0.1, 0.15) is 5.75 Å². The van der Waals surface area contributed by atoms with E-state index in [0.717, 1.165) is 10.6 Å². The Bertz CT molecular complexity index is 1460. The van der Waals surface area contributed by atoms with E-state index in [1.165, 1.54) is 36.4 Å². The lowest BCUT2D eigenvalue weighted by Crippen LogP contribution is -2.51. The smallest absolute Gasteiger partial charge is 0.264 e. The second kappa shape index (κ2) is 9.52. The Labute approximate surface area is 209 Å². The van der Waals surface area contributed by atoms with E-state index >= 15 is 0 Å². The molecule has 0 saturated heterocycles. The summed E-state index contributed by atoms with van der Waals surface area (Å²) in [6.45, 7) is 1.48. The molecule has 3 aromatic carbocycles. The Morgan fingerprint density at radius 1 is 1.00 bits per heavy atom. The molecule has 0 unspecified atom stereocenters. The van der Waals surface area contributed by atoms with Gasteiger partial charge in [0.15, 0.2) is 15.9 Å². The zero-order chi connectivity index (χ0) is 25.4. The van der Waals surface area contributed by atoms with Gasteiger partial charge >= 0.3 is 0 Å². The largest absolute Gasteiger partial charge is 0.476 e. The van der Waals surface area contributed by atoms with E-state index in [4.69, 9.17) is 16.3 Å². The van der Waals surface area contributed by atoms with Crippen LogP contribution in [0.5, 0.6) is 5.75 Å². The highest BCUT2D eigenvalue weighted by Crippen LogP contribution is 2.39. The van der Waals surface area contributed by atoms with Gasteiger partial charge in [0.05, 0.1) is 28.1 Å². The van der Waals surface area contributed by atoms with Crippen molar-refractivity contribution in [2.45, 2.75) is 28.9 Å². The van der Waals surface area contributed by atoms with Crippen molar-refractivity contribution in [3.8, 4) is 5.75 Å². The fraction of sp³-hybridized carbons (Fsp3) is 0.208. The lowest BCUT2D eigenvalue weighted by atomic mass is 10.1. The molecule has 1 amide bonds. The van der Waals surface area contributed by atoms with Crippen LogP contribution in [-0.4, -0.2) is 41.6 Å². The Balaban J connectivity index is 1.60. The molecule has 0 fully saturated rings. The van der Waals surface area contributed by atoms with Crippen LogP contribution < -0.4 is 14.4 Å². The minimum atomic E-state index is -4.00.